The zero-order valence-corrected chi connectivity index (χ0v) is 13.2. The van der Waals surface area contributed by atoms with Crippen molar-refractivity contribution in [3.8, 4) is 0 Å². The van der Waals surface area contributed by atoms with Crippen LogP contribution in [0.25, 0.3) is 0 Å². The van der Waals surface area contributed by atoms with Gasteiger partial charge in [0.15, 0.2) is 0 Å². The molecule has 1 heterocycles. The summed E-state index contributed by atoms with van der Waals surface area (Å²) in [5, 5.41) is 0.568. The van der Waals surface area contributed by atoms with Gasteiger partial charge in [-0.2, -0.15) is 11.8 Å². The van der Waals surface area contributed by atoms with Crippen molar-refractivity contribution in [1.82, 2.24) is 9.71 Å². The zero-order chi connectivity index (χ0) is 13.2. The molecular weight excluding hydrogens is 336 g/mol. The van der Waals surface area contributed by atoms with Gasteiger partial charge >= 0.3 is 0 Å². The molecule has 1 aliphatic rings. The fourth-order valence-corrected chi connectivity index (χ4v) is 4.67. The molecule has 2 unspecified atom stereocenters. The highest BCUT2D eigenvalue weighted by molar-refractivity contribution is 9.10. The predicted molar refractivity (Wildman–Crippen MR) is 77.2 cm³/mol. The van der Waals surface area contributed by atoms with Gasteiger partial charge in [0.05, 0.1) is 0 Å². The molecule has 1 aromatic heterocycles. The Morgan fingerprint density at radius 2 is 2.22 bits per heavy atom. The summed E-state index contributed by atoms with van der Waals surface area (Å²) in [5.74, 6) is 0. The normalized spacial score (nSPS) is 24.3. The van der Waals surface area contributed by atoms with Gasteiger partial charge < -0.3 is 0 Å². The third-order valence-corrected chi connectivity index (χ3v) is 6.05. The minimum atomic E-state index is -3.45. The van der Waals surface area contributed by atoms with Crippen LogP contribution < -0.4 is 4.72 Å². The lowest BCUT2D eigenvalue weighted by atomic mass is 10.3. The van der Waals surface area contributed by atoms with Crippen molar-refractivity contribution in [3.63, 3.8) is 0 Å². The van der Waals surface area contributed by atoms with Crippen LogP contribution in [-0.2, 0) is 10.0 Å². The van der Waals surface area contributed by atoms with Crippen LogP contribution in [0.2, 0.25) is 0 Å². The van der Waals surface area contributed by atoms with Crippen LogP contribution in [-0.4, -0.2) is 30.9 Å². The Hall–Kier alpha value is -0.110. The predicted octanol–water partition coefficient (Wildman–Crippen LogP) is 2.41. The third kappa shape index (κ3) is 3.46. The average Bonchev–Trinajstić information content (AvgIpc) is 2.76. The lowest BCUT2D eigenvalue weighted by Gasteiger charge is -2.13. The van der Waals surface area contributed by atoms with Gasteiger partial charge in [-0.05, 0) is 47.5 Å². The number of sulfonamides is 1. The first-order valence-corrected chi connectivity index (χ1v) is 9.23. The number of pyridine rings is 1. The summed E-state index contributed by atoms with van der Waals surface area (Å²) in [6.07, 6.45) is 7.89. The van der Waals surface area contributed by atoms with Crippen LogP contribution in [0.3, 0.4) is 0 Å². The van der Waals surface area contributed by atoms with E-state index in [1.807, 2.05) is 0 Å². The summed E-state index contributed by atoms with van der Waals surface area (Å²) < 4.78 is 27.7. The molecular formula is C11H15BrN2O2S2. The van der Waals surface area contributed by atoms with E-state index in [1.54, 1.807) is 24.0 Å². The van der Waals surface area contributed by atoms with Crippen molar-refractivity contribution in [2.45, 2.75) is 35.4 Å². The van der Waals surface area contributed by atoms with Crippen molar-refractivity contribution in [2.75, 3.05) is 6.26 Å². The maximum absolute atomic E-state index is 12.2. The van der Waals surface area contributed by atoms with Crippen molar-refractivity contribution >= 4 is 37.7 Å². The van der Waals surface area contributed by atoms with Crippen LogP contribution in [0, 0.1) is 0 Å². The summed E-state index contributed by atoms with van der Waals surface area (Å²) in [5.41, 5.74) is 0. The highest BCUT2D eigenvalue weighted by Gasteiger charge is 2.28. The van der Waals surface area contributed by atoms with Crippen LogP contribution in [0.15, 0.2) is 27.8 Å². The van der Waals surface area contributed by atoms with Gasteiger partial charge in [0.25, 0.3) is 0 Å². The Morgan fingerprint density at radius 1 is 1.44 bits per heavy atom. The second kappa shape index (κ2) is 5.90. The average molecular weight is 351 g/mol. The number of halogens is 1. The number of aromatic nitrogens is 1. The molecule has 0 amide bonds. The number of rotatable bonds is 4. The highest BCUT2D eigenvalue weighted by atomic mass is 79.9. The maximum Gasteiger partial charge on any atom is 0.242 e. The first-order valence-electron chi connectivity index (χ1n) is 5.67. The van der Waals surface area contributed by atoms with Gasteiger partial charge in [-0.25, -0.2) is 13.1 Å². The molecule has 1 N–H and O–H groups in total. The Morgan fingerprint density at radius 3 is 2.83 bits per heavy atom. The lowest BCUT2D eigenvalue weighted by Crippen LogP contribution is -2.33. The first kappa shape index (κ1) is 14.3. The van der Waals surface area contributed by atoms with E-state index in [2.05, 4.69) is 31.9 Å². The van der Waals surface area contributed by atoms with E-state index >= 15 is 0 Å². The SMILES string of the molecule is CSC1CCC(NS(=O)(=O)c2cncc(Br)c2)C1. The first-order chi connectivity index (χ1) is 8.51. The molecule has 2 atom stereocenters. The van der Waals surface area contributed by atoms with Gasteiger partial charge in [-0.15, -0.1) is 0 Å². The number of thioether (sulfide) groups is 1. The molecule has 1 aromatic rings. The van der Waals surface area contributed by atoms with E-state index < -0.39 is 10.0 Å². The van der Waals surface area contributed by atoms with Gasteiger partial charge in [0, 0.05) is 28.2 Å². The Kier molecular flexibility index (Phi) is 4.69. The number of nitrogens with zero attached hydrogens (tertiary/aromatic N) is 1. The molecule has 0 aliphatic heterocycles. The van der Waals surface area contributed by atoms with Gasteiger partial charge in [-0.1, -0.05) is 0 Å². The molecule has 0 aromatic carbocycles. The van der Waals surface area contributed by atoms with Crippen molar-refractivity contribution in [3.05, 3.63) is 22.9 Å². The molecule has 1 fully saturated rings. The topological polar surface area (TPSA) is 59.1 Å². The quantitative estimate of drug-likeness (QED) is 0.905. The van der Waals surface area contributed by atoms with Crippen LogP contribution in [0.5, 0.6) is 0 Å². The van der Waals surface area contributed by atoms with Crippen molar-refractivity contribution in [1.29, 1.82) is 0 Å². The molecule has 0 saturated heterocycles. The lowest BCUT2D eigenvalue weighted by molar-refractivity contribution is 0.552. The molecule has 0 spiro atoms. The molecule has 100 valence electrons. The van der Waals surface area contributed by atoms with Gasteiger partial charge in [0.2, 0.25) is 10.0 Å². The molecule has 2 rings (SSSR count). The Bertz CT molecular complexity index is 522. The largest absolute Gasteiger partial charge is 0.262 e. The smallest absolute Gasteiger partial charge is 0.242 e. The number of hydrogen-bond acceptors (Lipinski definition) is 4. The van der Waals surface area contributed by atoms with E-state index in [9.17, 15) is 8.42 Å². The second-order valence-electron chi connectivity index (χ2n) is 4.33. The number of nitrogens with one attached hydrogen (secondary N) is 1. The summed E-state index contributed by atoms with van der Waals surface area (Å²) in [6.45, 7) is 0. The van der Waals surface area contributed by atoms with E-state index in [4.69, 9.17) is 0 Å². The van der Waals surface area contributed by atoms with E-state index in [0.29, 0.717) is 9.72 Å². The Balaban J connectivity index is 2.09. The van der Waals surface area contributed by atoms with Gasteiger partial charge in [-0.3, -0.25) is 4.98 Å². The monoisotopic (exact) mass is 350 g/mol. The van der Waals surface area contributed by atoms with Crippen molar-refractivity contribution < 1.29 is 8.42 Å². The van der Waals surface area contributed by atoms with Gasteiger partial charge in [0.1, 0.15) is 4.90 Å². The Labute approximate surface area is 120 Å². The van der Waals surface area contributed by atoms with E-state index in [-0.39, 0.29) is 10.9 Å². The molecule has 1 aliphatic carbocycles. The molecule has 4 nitrogen and oxygen atoms in total. The number of hydrogen-bond donors (Lipinski definition) is 1. The molecule has 1 saturated carbocycles. The maximum atomic E-state index is 12.2. The fraction of sp³-hybridized carbons (Fsp3) is 0.545. The minimum absolute atomic E-state index is 0.0476. The summed E-state index contributed by atoms with van der Waals surface area (Å²) in [6, 6.07) is 1.61. The fourth-order valence-electron chi connectivity index (χ4n) is 2.09. The summed E-state index contributed by atoms with van der Waals surface area (Å²) in [7, 11) is -3.45. The van der Waals surface area contributed by atoms with Crippen LogP contribution in [0.1, 0.15) is 19.3 Å². The standard InChI is InChI=1S/C11H15BrN2O2S2/c1-17-10-3-2-9(5-10)14-18(15,16)11-4-8(12)6-13-7-11/h4,6-7,9-10,14H,2-3,5H2,1H3. The molecule has 18 heavy (non-hydrogen) atoms. The van der Waals surface area contributed by atoms with E-state index in [0.717, 1.165) is 19.3 Å². The minimum Gasteiger partial charge on any atom is -0.262 e. The second-order valence-corrected chi connectivity index (χ2v) is 8.10. The molecule has 7 heteroatoms. The third-order valence-electron chi connectivity index (χ3n) is 3.03. The summed E-state index contributed by atoms with van der Waals surface area (Å²) >= 11 is 5.04. The van der Waals surface area contributed by atoms with E-state index in [1.165, 1.54) is 6.20 Å². The summed E-state index contributed by atoms with van der Waals surface area (Å²) in [4.78, 5) is 4.10. The highest BCUT2D eigenvalue weighted by Crippen LogP contribution is 2.29. The molecule has 0 radical (unpaired) electrons. The van der Waals surface area contributed by atoms with Crippen LogP contribution in [0.4, 0.5) is 0 Å². The molecule has 0 bridgehead atoms. The zero-order valence-electron chi connectivity index (χ0n) is 9.97. The van der Waals surface area contributed by atoms with Crippen LogP contribution >= 0.6 is 27.7 Å². The van der Waals surface area contributed by atoms with Crippen molar-refractivity contribution in [2.24, 2.45) is 0 Å².